The average Bonchev–Trinajstić information content (AvgIpc) is 2.90. The summed E-state index contributed by atoms with van der Waals surface area (Å²) in [5.41, 5.74) is 2.21. The lowest BCUT2D eigenvalue weighted by atomic mass is 10.1. The number of sulfonamides is 1. The largest absolute Gasteiger partial charge is 0.307 e. The van der Waals surface area contributed by atoms with Crippen LogP contribution in [0.15, 0.2) is 42.5 Å². The van der Waals surface area contributed by atoms with Gasteiger partial charge in [-0.3, -0.25) is 9.10 Å². The van der Waals surface area contributed by atoms with E-state index in [0.29, 0.717) is 10.7 Å². The van der Waals surface area contributed by atoms with Gasteiger partial charge in [0.05, 0.1) is 22.0 Å². The van der Waals surface area contributed by atoms with E-state index in [9.17, 15) is 13.2 Å². The Morgan fingerprint density at radius 1 is 1.19 bits per heavy atom. The van der Waals surface area contributed by atoms with Crippen molar-refractivity contribution in [3.8, 4) is 0 Å². The number of hydrogen-bond acceptors (Lipinski definition) is 3. The van der Waals surface area contributed by atoms with Gasteiger partial charge in [-0.15, -0.1) is 0 Å². The number of nitrogens with zero attached hydrogens (tertiary/aromatic N) is 2. The zero-order valence-electron chi connectivity index (χ0n) is 14.3. The number of halogens is 2. The molecule has 1 atom stereocenters. The maximum absolute atomic E-state index is 13.0. The normalized spacial score (nSPS) is 16.5. The van der Waals surface area contributed by atoms with Crippen molar-refractivity contribution in [1.29, 1.82) is 0 Å². The number of fused-ring (bicyclic) bond motifs is 1. The molecule has 0 N–H and O–H groups in total. The Balaban J connectivity index is 1.93. The number of hydrogen-bond donors (Lipinski definition) is 0. The molecule has 0 saturated heterocycles. The van der Waals surface area contributed by atoms with Crippen LogP contribution < -0.4 is 9.21 Å². The topological polar surface area (TPSA) is 57.7 Å². The van der Waals surface area contributed by atoms with Gasteiger partial charge in [0.15, 0.2) is 0 Å². The molecule has 2 aromatic carbocycles. The molecule has 0 radical (unpaired) electrons. The third kappa shape index (κ3) is 3.68. The van der Waals surface area contributed by atoms with Gasteiger partial charge in [-0.2, -0.15) is 0 Å². The molecule has 0 aromatic heterocycles. The fraction of sp³-hybridized carbons (Fsp3) is 0.278. The molecule has 8 heteroatoms. The van der Waals surface area contributed by atoms with E-state index < -0.39 is 10.0 Å². The van der Waals surface area contributed by atoms with E-state index in [1.165, 1.54) is 18.2 Å². The van der Waals surface area contributed by atoms with Gasteiger partial charge >= 0.3 is 0 Å². The highest BCUT2D eigenvalue weighted by molar-refractivity contribution is 7.92. The lowest BCUT2D eigenvalue weighted by Crippen LogP contribution is -2.45. The van der Waals surface area contributed by atoms with Crippen LogP contribution in [-0.4, -0.2) is 33.2 Å². The van der Waals surface area contributed by atoms with Crippen molar-refractivity contribution in [3.05, 3.63) is 58.1 Å². The summed E-state index contributed by atoms with van der Waals surface area (Å²) < 4.78 is 25.6. The first-order chi connectivity index (χ1) is 12.2. The van der Waals surface area contributed by atoms with Crippen LogP contribution in [0.4, 0.5) is 11.4 Å². The number of rotatable bonds is 4. The smallest absolute Gasteiger partial charge is 0.248 e. The monoisotopic (exact) mass is 412 g/mol. The highest BCUT2D eigenvalue weighted by atomic mass is 35.5. The number of carbonyl (C=O) groups is 1. The van der Waals surface area contributed by atoms with E-state index in [0.717, 1.165) is 28.2 Å². The van der Waals surface area contributed by atoms with E-state index in [2.05, 4.69) is 0 Å². The Morgan fingerprint density at radius 3 is 2.54 bits per heavy atom. The number of para-hydroxylation sites is 1. The van der Waals surface area contributed by atoms with Crippen LogP contribution in [-0.2, 0) is 21.2 Å². The summed E-state index contributed by atoms with van der Waals surface area (Å²) in [6.07, 6.45) is 1.80. The molecule has 0 fully saturated rings. The molecule has 2 aromatic rings. The van der Waals surface area contributed by atoms with Gasteiger partial charge < -0.3 is 4.90 Å². The van der Waals surface area contributed by atoms with Crippen LogP contribution in [0, 0.1) is 0 Å². The second-order valence-electron chi connectivity index (χ2n) is 6.31. The van der Waals surface area contributed by atoms with Crippen molar-refractivity contribution in [2.75, 3.05) is 22.0 Å². The Kier molecular flexibility index (Phi) is 5.19. The summed E-state index contributed by atoms with van der Waals surface area (Å²) in [6.45, 7) is 1.64. The Labute approximate surface area is 163 Å². The lowest BCUT2D eigenvalue weighted by Gasteiger charge is -2.28. The van der Waals surface area contributed by atoms with Gasteiger partial charge in [0.25, 0.3) is 0 Å². The van der Waals surface area contributed by atoms with Crippen molar-refractivity contribution < 1.29 is 13.2 Å². The minimum Gasteiger partial charge on any atom is -0.307 e. The number of anilines is 2. The van der Waals surface area contributed by atoms with Crippen LogP contribution in [0.1, 0.15) is 12.5 Å². The minimum atomic E-state index is -3.68. The lowest BCUT2D eigenvalue weighted by molar-refractivity contribution is -0.117. The highest BCUT2D eigenvalue weighted by Gasteiger charge is 2.33. The molecule has 3 rings (SSSR count). The molecule has 5 nitrogen and oxygen atoms in total. The van der Waals surface area contributed by atoms with Crippen molar-refractivity contribution in [3.63, 3.8) is 0 Å². The molecule has 26 heavy (non-hydrogen) atoms. The third-order valence-corrected chi connectivity index (χ3v) is 6.23. The Bertz CT molecular complexity index is 963. The number of benzene rings is 2. The minimum absolute atomic E-state index is 0.0323. The van der Waals surface area contributed by atoms with Gasteiger partial charge in [0.2, 0.25) is 15.9 Å². The Morgan fingerprint density at radius 2 is 1.88 bits per heavy atom. The standard InChI is InChI=1S/C18H18Cl2N2O3S/c1-12-9-13-5-3-4-6-17(13)22(12)18(23)11-21(26(2,24)25)14-7-8-15(19)16(20)10-14/h3-8,10,12H,9,11H2,1-2H3/t12-/m0/s1. The number of carbonyl (C=O) groups excluding carboxylic acids is 1. The molecule has 1 amide bonds. The van der Waals surface area contributed by atoms with Crippen LogP contribution in [0.2, 0.25) is 10.0 Å². The zero-order valence-corrected chi connectivity index (χ0v) is 16.6. The molecular weight excluding hydrogens is 395 g/mol. The fourth-order valence-corrected chi connectivity index (χ4v) is 4.32. The van der Waals surface area contributed by atoms with E-state index in [-0.39, 0.29) is 23.5 Å². The summed E-state index contributed by atoms with van der Waals surface area (Å²) in [6, 6.07) is 12.1. The maximum atomic E-state index is 13.0. The molecule has 1 aliphatic heterocycles. The van der Waals surface area contributed by atoms with Crippen LogP contribution in [0.3, 0.4) is 0 Å². The molecule has 0 unspecified atom stereocenters. The summed E-state index contributed by atoms with van der Waals surface area (Å²) in [7, 11) is -3.68. The summed E-state index contributed by atoms with van der Waals surface area (Å²) in [5.74, 6) is -0.293. The van der Waals surface area contributed by atoms with Gasteiger partial charge in [0, 0.05) is 11.7 Å². The van der Waals surface area contributed by atoms with Crippen molar-refractivity contribution in [1.82, 2.24) is 0 Å². The van der Waals surface area contributed by atoms with Crippen molar-refractivity contribution >= 4 is 50.5 Å². The van der Waals surface area contributed by atoms with E-state index in [1.54, 1.807) is 4.90 Å². The highest BCUT2D eigenvalue weighted by Crippen LogP contribution is 2.33. The summed E-state index contributed by atoms with van der Waals surface area (Å²) in [4.78, 5) is 14.6. The first kappa shape index (κ1) is 19.0. The summed E-state index contributed by atoms with van der Waals surface area (Å²) >= 11 is 11.9. The Hall–Kier alpha value is -1.76. The van der Waals surface area contributed by atoms with Gasteiger partial charge in [0.1, 0.15) is 6.54 Å². The molecule has 138 valence electrons. The van der Waals surface area contributed by atoms with Crippen LogP contribution >= 0.6 is 23.2 Å². The van der Waals surface area contributed by atoms with Gasteiger partial charge in [-0.05, 0) is 43.2 Å². The van der Waals surface area contributed by atoms with Crippen LogP contribution in [0.5, 0.6) is 0 Å². The number of amides is 1. The van der Waals surface area contributed by atoms with Gasteiger partial charge in [-0.25, -0.2) is 8.42 Å². The van der Waals surface area contributed by atoms with E-state index in [4.69, 9.17) is 23.2 Å². The third-order valence-electron chi connectivity index (χ3n) is 4.35. The van der Waals surface area contributed by atoms with Crippen LogP contribution in [0.25, 0.3) is 0 Å². The molecule has 0 aliphatic carbocycles. The van der Waals surface area contributed by atoms with E-state index >= 15 is 0 Å². The SMILES string of the molecule is C[C@H]1Cc2ccccc2N1C(=O)CN(c1ccc(Cl)c(Cl)c1)S(C)(=O)=O. The molecule has 1 aliphatic rings. The first-order valence-corrected chi connectivity index (χ1v) is 10.6. The fourth-order valence-electron chi connectivity index (χ4n) is 3.18. The predicted molar refractivity (Wildman–Crippen MR) is 106 cm³/mol. The quantitative estimate of drug-likeness (QED) is 0.768. The molecule has 0 bridgehead atoms. The first-order valence-electron chi connectivity index (χ1n) is 8.01. The molecule has 1 heterocycles. The van der Waals surface area contributed by atoms with E-state index in [1.807, 2.05) is 31.2 Å². The molecule has 0 spiro atoms. The van der Waals surface area contributed by atoms with Crippen molar-refractivity contribution in [2.45, 2.75) is 19.4 Å². The summed E-state index contributed by atoms with van der Waals surface area (Å²) in [5, 5.41) is 0.544. The van der Waals surface area contributed by atoms with Gasteiger partial charge in [-0.1, -0.05) is 41.4 Å². The molecular formula is C18H18Cl2N2O3S. The predicted octanol–water partition coefficient (Wildman–Crippen LogP) is 3.74. The second-order valence-corrected chi connectivity index (χ2v) is 9.03. The second kappa shape index (κ2) is 7.10. The zero-order chi connectivity index (χ0) is 19.1. The van der Waals surface area contributed by atoms with Crippen molar-refractivity contribution in [2.24, 2.45) is 0 Å². The average molecular weight is 413 g/mol. The molecule has 0 saturated carbocycles. The maximum Gasteiger partial charge on any atom is 0.248 e.